The predicted molar refractivity (Wildman–Crippen MR) is 114 cm³/mol. The van der Waals surface area contributed by atoms with Crippen molar-refractivity contribution in [2.24, 2.45) is 0 Å². The summed E-state index contributed by atoms with van der Waals surface area (Å²) < 4.78 is 11.5. The lowest BCUT2D eigenvalue weighted by atomic mass is 10.1. The van der Waals surface area contributed by atoms with E-state index in [1.165, 1.54) is 0 Å². The number of aromatic nitrogens is 2. The zero-order chi connectivity index (χ0) is 18.5. The topological polar surface area (TPSA) is 47.1 Å². The molecule has 0 saturated heterocycles. The molecule has 0 saturated carbocycles. The number of halogens is 2. The van der Waals surface area contributed by atoms with Crippen LogP contribution in [0.4, 0.5) is 0 Å². The van der Waals surface area contributed by atoms with Gasteiger partial charge in [0, 0.05) is 11.8 Å². The average molecular weight is 413 g/mol. The molecule has 4 aromatic rings. The fraction of sp³-hybridized carbons (Fsp3) is 0.0455. The van der Waals surface area contributed by atoms with Gasteiger partial charge in [-0.25, -0.2) is 4.98 Å². The van der Waals surface area contributed by atoms with Gasteiger partial charge < -0.3 is 14.5 Å². The second-order valence-corrected chi connectivity index (χ2v) is 6.30. The van der Waals surface area contributed by atoms with Crippen LogP contribution in [0.15, 0.2) is 85.1 Å². The van der Waals surface area contributed by atoms with Crippen molar-refractivity contribution in [3.8, 4) is 28.5 Å². The van der Waals surface area contributed by atoms with Gasteiger partial charge in [0.05, 0.1) is 10.7 Å². The number of ether oxygens (including phenoxy) is 2. The summed E-state index contributed by atoms with van der Waals surface area (Å²) >= 11 is 6.13. The Labute approximate surface area is 174 Å². The highest BCUT2D eigenvalue weighted by molar-refractivity contribution is 6.32. The number of para-hydroxylation sites is 2. The quantitative estimate of drug-likeness (QED) is 0.391. The Morgan fingerprint density at radius 2 is 1.54 bits per heavy atom. The van der Waals surface area contributed by atoms with Gasteiger partial charge in [-0.3, -0.25) is 0 Å². The number of nitrogens with zero attached hydrogens (tertiary/aromatic N) is 1. The van der Waals surface area contributed by atoms with Crippen LogP contribution < -0.4 is 9.47 Å². The molecule has 0 spiro atoms. The molecule has 0 aliphatic heterocycles. The molecule has 6 heteroatoms. The van der Waals surface area contributed by atoms with E-state index in [0.29, 0.717) is 17.4 Å². The van der Waals surface area contributed by atoms with Crippen LogP contribution in [0, 0.1) is 0 Å². The van der Waals surface area contributed by atoms with Gasteiger partial charge >= 0.3 is 0 Å². The van der Waals surface area contributed by atoms with Crippen molar-refractivity contribution in [3.63, 3.8) is 0 Å². The molecule has 1 N–H and O–H groups in total. The van der Waals surface area contributed by atoms with E-state index in [2.05, 4.69) is 9.97 Å². The summed E-state index contributed by atoms with van der Waals surface area (Å²) in [7, 11) is 0. The van der Waals surface area contributed by atoms with Crippen LogP contribution in [0.1, 0.15) is 5.82 Å². The highest BCUT2D eigenvalue weighted by Gasteiger charge is 2.06. The summed E-state index contributed by atoms with van der Waals surface area (Å²) in [6, 6.07) is 24.8. The fourth-order valence-electron chi connectivity index (χ4n) is 2.60. The summed E-state index contributed by atoms with van der Waals surface area (Å²) in [6.07, 6.45) is 1.87. The molecule has 0 fully saturated rings. The van der Waals surface area contributed by atoms with Crippen LogP contribution in [0.3, 0.4) is 0 Å². The lowest BCUT2D eigenvalue weighted by molar-refractivity contribution is 0.297. The van der Waals surface area contributed by atoms with Crippen molar-refractivity contribution in [1.82, 2.24) is 9.97 Å². The molecule has 142 valence electrons. The summed E-state index contributed by atoms with van der Waals surface area (Å²) in [6.45, 7) is 0.387. The van der Waals surface area contributed by atoms with E-state index in [4.69, 9.17) is 21.1 Å². The number of imidazole rings is 1. The average Bonchev–Trinajstić information content (AvgIpc) is 3.19. The maximum Gasteiger partial charge on any atom is 0.146 e. The molecule has 3 aromatic carbocycles. The van der Waals surface area contributed by atoms with Gasteiger partial charge in [-0.2, -0.15) is 0 Å². The van der Waals surface area contributed by atoms with E-state index >= 15 is 0 Å². The largest absolute Gasteiger partial charge is 0.486 e. The third-order valence-corrected chi connectivity index (χ3v) is 4.28. The molecule has 4 rings (SSSR count). The molecule has 0 aliphatic rings. The molecule has 4 nitrogen and oxygen atoms in total. The third-order valence-electron chi connectivity index (χ3n) is 3.96. The number of hydrogen-bond acceptors (Lipinski definition) is 3. The van der Waals surface area contributed by atoms with Crippen LogP contribution in [0.2, 0.25) is 5.02 Å². The molecular weight excluding hydrogens is 395 g/mol. The molecule has 1 heterocycles. The molecule has 1 aromatic heterocycles. The predicted octanol–water partition coefficient (Wildman–Crippen LogP) is 6.52. The minimum Gasteiger partial charge on any atom is -0.486 e. The van der Waals surface area contributed by atoms with E-state index < -0.39 is 0 Å². The van der Waals surface area contributed by atoms with Crippen molar-refractivity contribution in [2.45, 2.75) is 6.61 Å². The first kappa shape index (κ1) is 19.8. The van der Waals surface area contributed by atoms with Crippen LogP contribution in [0.5, 0.6) is 17.2 Å². The lowest BCUT2D eigenvalue weighted by Gasteiger charge is -2.07. The van der Waals surface area contributed by atoms with Crippen molar-refractivity contribution in [3.05, 3.63) is 95.9 Å². The van der Waals surface area contributed by atoms with E-state index in [-0.39, 0.29) is 12.4 Å². The van der Waals surface area contributed by atoms with Crippen molar-refractivity contribution >= 4 is 24.0 Å². The molecule has 0 amide bonds. The molecule has 0 unspecified atom stereocenters. The van der Waals surface area contributed by atoms with Crippen LogP contribution in [-0.2, 0) is 6.61 Å². The molecule has 28 heavy (non-hydrogen) atoms. The Bertz CT molecular complexity index is 1020. The van der Waals surface area contributed by atoms with Gasteiger partial charge in [0.2, 0.25) is 0 Å². The highest BCUT2D eigenvalue weighted by Crippen LogP contribution is 2.30. The summed E-state index contributed by atoms with van der Waals surface area (Å²) in [5.74, 6) is 2.93. The smallest absolute Gasteiger partial charge is 0.146 e. The number of hydrogen-bond donors (Lipinski definition) is 1. The Hall–Kier alpha value is -2.95. The van der Waals surface area contributed by atoms with Gasteiger partial charge in [-0.15, -0.1) is 12.4 Å². The first-order valence-corrected chi connectivity index (χ1v) is 8.91. The Morgan fingerprint density at radius 3 is 2.29 bits per heavy atom. The summed E-state index contributed by atoms with van der Waals surface area (Å²) in [4.78, 5) is 7.73. The number of aromatic amines is 1. The van der Waals surface area contributed by atoms with E-state index in [9.17, 15) is 0 Å². The zero-order valence-electron chi connectivity index (χ0n) is 14.8. The van der Waals surface area contributed by atoms with Gasteiger partial charge in [-0.05, 0) is 48.5 Å². The Balaban J connectivity index is 0.00000225. The number of benzene rings is 3. The van der Waals surface area contributed by atoms with Gasteiger partial charge in [0.1, 0.15) is 29.7 Å². The van der Waals surface area contributed by atoms with Crippen molar-refractivity contribution in [2.75, 3.05) is 0 Å². The normalized spacial score (nSPS) is 10.2. The summed E-state index contributed by atoms with van der Waals surface area (Å²) in [5.41, 5.74) is 1.84. The first-order valence-electron chi connectivity index (χ1n) is 8.53. The lowest BCUT2D eigenvalue weighted by Crippen LogP contribution is -1.97. The van der Waals surface area contributed by atoms with E-state index in [1.807, 2.05) is 79.0 Å². The third kappa shape index (κ3) is 4.85. The second-order valence-electron chi connectivity index (χ2n) is 5.89. The zero-order valence-corrected chi connectivity index (χ0v) is 16.4. The van der Waals surface area contributed by atoms with E-state index in [1.54, 1.807) is 6.07 Å². The maximum atomic E-state index is 6.13. The molecule has 0 radical (unpaired) electrons. The number of rotatable bonds is 6. The van der Waals surface area contributed by atoms with Crippen molar-refractivity contribution in [1.29, 1.82) is 0 Å². The highest BCUT2D eigenvalue weighted by atomic mass is 35.5. The maximum absolute atomic E-state index is 6.13. The Kier molecular flexibility index (Phi) is 6.58. The molecular formula is C22H18Cl2N2O2. The van der Waals surface area contributed by atoms with Gasteiger partial charge in [0.15, 0.2) is 0 Å². The SMILES string of the molecule is Cl.Clc1ccccc1Oc1ccc(-c2c[nH]c(COc3ccccc3)n2)cc1. The second kappa shape index (κ2) is 9.31. The Morgan fingerprint density at radius 1 is 0.821 bits per heavy atom. The number of nitrogens with one attached hydrogen (secondary N) is 1. The first-order chi connectivity index (χ1) is 13.3. The minimum absolute atomic E-state index is 0. The van der Waals surface area contributed by atoms with Gasteiger partial charge in [0.25, 0.3) is 0 Å². The van der Waals surface area contributed by atoms with Crippen LogP contribution in [-0.4, -0.2) is 9.97 Å². The monoisotopic (exact) mass is 412 g/mol. The van der Waals surface area contributed by atoms with Crippen LogP contribution >= 0.6 is 24.0 Å². The van der Waals surface area contributed by atoms with Crippen LogP contribution in [0.25, 0.3) is 11.3 Å². The summed E-state index contributed by atoms with van der Waals surface area (Å²) in [5, 5.41) is 0.580. The van der Waals surface area contributed by atoms with E-state index in [0.717, 1.165) is 28.6 Å². The van der Waals surface area contributed by atoms with Crippen molar-refractivity contribution < 1.29 is 9.47 Å². The molecule has 0 aliphatic carbocycles. The standard InChI is InChI=1S/C22H17ClN2O2.ClH/c23-19-8-4-5-9-21(19)27-18-12-10-16(11-13-18)20-14-24-22(25-20)15-26-17-6-2-1-3-7-17;/h1-14H,15H2,(H,24,25);1H. The van der Waals surface area contributed by atoms with Gasteiger partial charge in [-0.1, -0.05) is 41.9 Å². The molecule has 0 bridgehead atoms. The molecule has 0 atom stereocenters. The fourth-order valence-corrected chi connectivity index (χ4v) is 2.77. The minimum atomic E-state index is 0. The number of H-pyrrole nitrogens is 1.